The number of carbonyl (C=O) groups excluding carboxylic acids is 1. The molecule has 0 bridgehead atoms. The first-order valence-corrected chi connectivity index (χ1v) is 7.66. The maximum absolute atomic E-state index is 12.9. The highest BCUT2D eigenvalue weighted by molar-refractivity contribution is 5.82. The molecule has 5 nitrogen and oxygen atoms in total. The molecule has 1 amide bonds. The number of benzene rings is 1. The van der Waals surface area contributed by atoms with Gasteiger partial charge in [-0.15, -0.1) is 0 Å². The summed E-state index contributed by atoms with van der Waals surface area (Å²) in [4.78, 5) is 18.5. The monoisotopic (exact) mass is 318 g/mol. The molecule has 1 aliphatic rings. The maximum atomic E-state index is 12.9. The maximum Gasteiger partial charge on any atom is 0.256 e. The molecule has 2 aromatic rings. The third kappa shape index (κ3) is 3.12. The Morgan fingerprint density at radius 3 is 2.70 bits per heavy atom. The van der Waals surface area contributed by atoms with Crippen molar-refractivity contribution >= 4 is 5.91 Å². The topological polar surface area (TPSA) is 66.6 Å². The lowest BCUT2D eigenvalue weighted by Gasteiger charge is -2.27. The summed E-state index contributed by atoms with van der Waals surface area (Å²) in [6, 6.07) is 5.29. The Bertz CT molecular complexity index is 709. The molecule has 0 aliphatic carbocycles. The number of hydrogen-bond acceptors (Lipinski definition) is 4. The molecule has 1 atom stereocenters. The van der Waals surface area contributed by atoms with Crippen LogP contribution in [0, 0.1) is 5.82 Å². The van der Waals surface area contributed by atoms with Gasteiger partial charge in [0.2, 0.25) is 0 Å². The fourth-order valence-corrected chi connectivity index (χ4v) is 2.61. The van der Waals surface area contributed by atoms with E-state index in [1.807, 2.05) is 13.8 Å². The molecule has 6 heteroatoms. The van der Waals surface area contributed by atoms with Gasteiger partial charge in [0.25, 0.3) is 5.91 Å². The van der Waals surface area contributed by atoms with Gasteiger partial charge in [0, 0.05) is 18.9 Å². The van der Waals surface area contributed by atoms with Crippen molar-refractivity contribution in [1.82, 2.24) is 9.88 Å². The molecular weight excluding hydrogens is 299 g/mol. The third-order valence-corrected chi connectivity index (χ3v) is 3.97. The van der Waals surface area contributed by atoms with Crippen LogP contribution in [0.25, 0.3) is 0 Å². The SMILES string of the molecule is CC(C)c1nc2c(o1)CCN(C(=O)C(O)c1ccc(F)cc1)C2. The summed E-state index contributed by atoms with van der Waals surface area (Å²) in [6.45, 7) is 4.79. The van der Waals surface area contributed by atoms with E-state index in [0.717, 1.165) is 11.5 Å². The average molecular weight is 318 g/mol. The van der Waals surface area contributed by atoms with Gasteiger partial charge in [-0.3, -0.25) is 4.79 Å². The molecule has 2 heterocycles. The third-order valence-electron chi connectivity index (χ3n) is 3.97. The van der Waals surface area contributed by atoms with Gasteiger partial charge in [0.15, 0.2) is 12.0 Å². The molecule has 3 rings (SSSR count). The van der Waals surface area contributed by atoms with E-state index in [4.69, 9.17) is 4.42 Å². The summed E-state index contributed by atoms with van der Waals surface area (Å²) in [5, 5.41) is 10.2. The van der Waals surface area contributed by atoms with Gasteiger partial charge < -0.3 is 14.4 Å². The number of rotatable bonds is 3. The van der Waals surface area contributed by atoms with Crippen LogP contribution in [0.15, 0.2) is 28.7 Å². The van der Waals surface area contributed by atoms with Crippen LogP contribution in [0.4, 0.5) is 4.39 Å². The number of aliphatic hydroxyl groups excluding tert-OH is 1. The summed E-state index contributed by atoms with van der Waals surface area (Å²) in [5.74, 6) is 0.864. The van der Waals surface area contributed by atoms with Gasteiger partial charge in [0.05, 0.1) is 6.54 Å². The number of halogens is 1. The van der Waals surface area contributed by atoms with E-state index in [1.54, 1.807) is 4.90 Å². The van der Waals surface area contributed by atoms with Gasteiger partial charge >= 0.3 is 0 Å². The number of hydrogen-bond donors (Lipinski definition) is 1. The van der Waals surface area contributed by atoms with Crippen molar-refractivity contribution in [1.29, 1.82) is 0 Å². The molecule has 0 fully saturated rings. The van der Waals surface area contributed by atoms with Crippen LogP contribution in [-0.2, 0) is 17.8 Å². The van der Waals surface area contributed by atoms with Crippen molar-refractivity contribution in [3.63, 3.8) is 0 Å². The Labute approximate surface area is 133 Å². The van der Waals surface area contributed by atoms with Gasteiger partial charge in [-0.2, -0.15) is 0 Å². The fourth-order valence-electron chi connectivity index (χ4n) is 2.61. The summed E-state index contributed by atoms with van der Waals surface area (Å²) in [6.07, 6.45) is -0.717. The molecule has 0 saturated carbocycles. The van der Waals surface area contributed by atoms with Gasteiger partial charge in [-0.25, -0.2) is 9.37 Å². The number of aromatic nitrogens is 1. The van der Waals surface area contributed by atoms with E-state index in [0.29, 0.717) is 31.0 Å². The summed E-state index contributed by atoms with van der Waals surface area (Å²) < 4.78 is 18.6. The highest BCUT2D eigenvalue weighted by atomic mass is 19.1. The predicted molar refractivity (Wildman–Crippen MR) is 81.1 cm³/mol. The summed E-state index contributed by atoms with van der Waals surface area (Å²) >= 11 is 0. The average Bonchev–Trinajstić information content (AvgIpc) is 2.97. The van der Waals surface area contributed by atoms with E-state index >= 15 is 0 Å². The zero-order chi connectivity index (χ0) is 16.6. The van der Waals surface area contributed by atoms with Gasteiger partial charge in [-0.1, -0.05) is 26.0 Å². The van der Waals surface area contributed by atoms with Crippen molar-refractivity contribution in [3.8, 4) is 0 Å². The summed E-state index contributed by atoms with van der Waals surface area (Å²) in [7, 11) is 0. The van der Waals surface area contributed by atoms with Crippen molar-refractivity contribution < 1.29 is 18.7 Å². The summed E-state index contributed by atoms with van der Waals surface area (Å²) in [5.41, 5.74) is 1.13. The number of carbonyl (C=O) groups is 1. The van der Waals surface area contributed by atoms with Gasteiger partial charge in [-0.05, 0) is 17.7 Å². The Hall–Kier alpha value is -2.21. The molecule has 1 aromatic heterocycles. The quantitative estimate of drug-likeness (QED) is 0.944. The molecular formula is C17H19FN2O3. The lowest BCUT2D eigenvalue weighted by molar-refractivity contribution is -0.141. The van der Waals surface area contributed by atoms with Crippen LogP contribution in [0.3, 0.4) is 0 Å². The molecule has 1 aromatic carbocycles. The second-order valence-corrected chi connectivity index (χ2v) is 6.04. The fraction of sp³-hybridized carbons (Fsp3) is 0.412. The molecule has 1 N–H and O–H groups in total. The second kappa shape index (κ2) is 6.12. The standard InChI is InChI=1S/C17H19FN2O3/c1-10(2)16-19-13-9-20(8-7-14(13)23-16)17(22)15(21)11-3-5-12(18)6-4-11/h3-6,10,15,21H,7-9H2,1-2H3. The lowest BCUT2D eigenvalue weighted by atomic mass is 10.1. The molecule has 122 valence electrons. The Balaban J connectivity index is 1.74. The van der Waals surface area contributed by atoms with E-state index in [2.05, 4.69) is 4.98 Å². The highest BCUT2D eigenvalue weighted by Crippen LogP contribution is 2.26. The molecule has 23 heavy (non-hydrogen) atoms. The largest absolute Gasteiger partial charge is 0.445 e. The molecule has 0 spiro atoms. The van der Waals surface area contributed by atoms with Gasteiger partial charge in [0.1, 0.15) is 17.3 Å². The predicted octanol–water partition coefficient (Wildman–Crippen LogP) is 2.56. The first-order valence-electron chi connectivity index (χ1n) is 7.66. The number of fused-ring (bicyclic) bond motifs is 1. The Morgan fingerprint density at radius 2 is 2.04 bits per heavy atom. The van der Waals surface area contributed by atoms with Crippen molar-refractivity contribution in [2.45, 2.75) is 38.8 Å². The van der Waals surface area contributed by atoms with Crippen molar-refractivity contribution in [2.24, 2.45) is 0 Å². The number of amides is 1. The highest BCUT2D eigenvalue weighted by Gasteiger charge is 2.30. The van der Waals surface area contributed by atoms with Crippen molar-refractivity contribution in [3.05, 3.63) is 53.0 Å². The van der Waals surface area contributed by atoms with E-state index in [9.17, 15) is 14.3 Å². The second-order valence-electron chi connectivity index (χ2n) is 6.04. The number of aliphatic hydroxyl groups is 1. The molecule has 0 radical (unpaired) electrons. The van der Waals surface area contributed by atoms with E-state index in [1.165, 1.54) is 24.3 Å². The minimum absolute atomic E-state index is 0.189. The molecule has 0 saturated heterocycles. The van der Waals surface area contributed by atoms with Crippen molar-refractivity contribution in [2.75, 3.05) is 6.54 Å². The van der Waals surface area contributed by atoms with E-state index in [-0.39, 0.29) is 5.92 Å². The molecule has 1 aliphatic heterocycles. The van der Waals surface area contributed by atoms with Crippen LogP contribution in [-0.4, -0.2) is 27.4 Å². The van der Waals surface area contributed by atoms with Crippen LogP contribution in [0.5, 0.6) is 0 Å². The lowest BCUT2D eigenvalue weighted by Crippen LogP contribution is -2.38. The molecule has 1 unspecified atom stereocenters. The first kappa shape index (κ1) is 15.7. The van der Waals surface area contributed by atoms with Crippen LogP contribution < -0.4 is 0 Å². The van der Waals surface area contributed by atoms with Crippen LogP contribution in [0.2, 0.25) is 0 Å². The minimum atomic E-state index is -1.30. The zero-order valence-electron chi connectivity index (χ0n) is 13.1. The number of nitrogens with zero attached hydrogens (tertiary/aromatic N) is 2. The number of oxazole rings is 1. The Kier molecular flexibility index (Phi) is 4.17. The normalized spacial score (nSPS) is 15.6. The minimum Gasteiger partial charge on any atom is -0.445 e. The van der Waals surface area contributed by atoms with Crippen LogP contribution >= 0.6 is 0 Å². The zero-order valence-corrected chi connectivity index (χ0v) is 13.1. The smallest absolute Gasteiger partial charge is 0.256 e. The first-order chi connectivity index (χ1) is 11.0. The Morgan fingerprint density at radius 1 is 1.35 bits per heavy atom. The van der Waals surface area contributed by atoms with E-state index < -0.39 is 17.8 Å². The van der Waals surface area contributed by atoms with Crippen LogP contribution in [0.1, 0.15) is 48.8 Å².